The summed E-state index contributed by atoms with van der Waals surface area (Å²) in [4.78, 5) is 12.3. The van der Waals surface area contributed by atoms with E-state index in [-0.39, 0.29) is 5.78 Å². The number of allylic oxidation sites excluding steroid dienone is 1. The largest absolute Gasteiger partial charge is 0.452 e. The summed E-state index contributed by atoms with van der Waals surface area (Å²) in [5.41, 5.74) is 3.98. The molecule has 0 saturated heterocycles. The lowest BCUT2D eigenvalue weighted by Gasteiger charge is -2.05. The molecule has 21 heavy (non-hydrogen) atoms. The Labute approximate surface area is 125 Å². The molecule has 0 amide bonds. The molecule has 106 valence electrons. The third kappa shape index (κ3) is 2.62. The van der Waals surface area contributed by atoms with Gasteiger partial charge < -0.3 is 4.74 Å². The first-order chi connectivity index (χ1) is 10.0. The fourth-order valence-corrected chi connectivity index (χ4v) is 2.43. The number of fused-ring (bicyclic) bond motifs is 1. The third-order valence-electron chi connectivity index (χ3n) is 3.72. The highest BCUT2D eigenvalue weighted by Crippen LogP contribution is 2.32. The zero-order valence-electron chi connectivity index (χ0n) is 12.5. The van der Waals surface area contributed by atoms with Gasteiger partial charge in [0.15, 0.2) is 5.76 Å². The van der Waals surface area contributed by atoms with Crippen molar-refractivity contribution in [3.63, 3.8) is 0 Å². The van der Waals surface area contributed by atoms with Crippen LogP contribution in [0.4, 0.5) is 0 Å². The summed E-state index contributed by atoms with van der Waals surface area (Å²) in [6.45, 7) is 6.30. The van der Waals surface area contributed by atoms with E-state index in [1.807, 2.05) is 43.3 Å². The third-order valence-corrected chi connectivity index (χ3v) is 3.72. The van der Waals surface area contributed by atoms with Crippen LogP contribution in [0.15, 0.2) is 48.2 Å². The SMILES string of the molecule is Cc1ccc2c(c1)C(=O)/C(=C/c1ccc(C(C)C)cc1)O2. The second kappa shape index (κ2) is 5.21. The van der Waals surface area contributed by atoms with Crippen LogP contribution < -0.4 is 4.74 Å². The van der Waals surface area contributed by atoms with Gasteiger partial charge in [0.05, 0.1) is 5.56 Å². The lowest BCUT2D eigenvalue weighted by Crippen LogP contribution is -1.98. The van der Waals surface area contributed by atoms with E-state index < -0.39 is 0 Å². The zero-order chi connectivity index (χ0) is 15.0. The molecule has 2 heteroatoms. The molecule has 1 heterocycles. The second-order valence-corrected chi connectivity index (χ2v) is 5.76. The van der Waals surface area contributed by atoms with Crippen LogP contribution in [0, 0.1) is 6.92 Å². The minimum Gasteiger partial charge on any atom is -0.452 e. The number of rotatable bonds is 2. The van der Waals surface area contributed by atoms with Gasteiger partial charge >= 0.3 is 0 Å². The summed E-state index contributed by atoms with van der Waals surface area (Å²) in [5.74, 6) is 1.51. The molecule has 0 N–H and O–H groups in total. The van der Waals surface area contributed by atoms with Crippen LogP contribution in [-0.4, -0.2) is 5.78 Å². The molecule has 0 radical (unpaired) electrons. The molecule has 2 aromatic carbocycles. The predicted octanol–water partition coefficient (Wildman–Crippen LogP) is 4.73. The van der Waals surface area contributed by atoms with Gasteiger partial charge in [0.25, 0.3) is 0 Å². The van der Waals surface area contributed by atoms with Crippen molar-refractivity contribution in [1.29, 1.82) is 0 Å². The normalized spacial score (nSPS) is 15.4. The van der Waals surface area contributed by atoms with E-state index in [0.29, 0.717) is 23.0 Å². The molecule has 0 spiro atoms. The average Bonchev–Trinajstić information content (AvgIpc) is 2.76. The number of benzene rings is 2. The Kier molecular flexibility index (Phi) is 3.38. The second-order valence-electron chi connectivity index (χ2n) is 5.76. The molecule has 0 bridgehead atoms. The number of Topliss-reactive ketones (excluding diaryl/α,β-unsaturated/α-hetero) is 1. The molecule has 1 aliphatic heterocycles. The van der Waals surface area contributed by atoms with Crippen molar-refractivity contribution < 1.29 is 9.53 Å². The zero-order valence-corrected chi connectivity index (χ0v) is 12.5. The maximum atomic E-state index is 12.3. The molecule has 0 saturated carbocycles. The highest BCUT2D eigenvalue weighted by Gasteiger charge is 2.27. The molecular weight excluding hydrogens is 260 g/mol. The minimum atomic E-state index is -0.0402. The first kappa shape index (κ1) is 13.6. The highest BCUT2D eigenvalue weighted by atomic mass is 16.5. The number of ether oxygens (including phenoxy) is 1. The fourth-order valence-electron chi connectivity index (χ4n) is 2.43. The standard InChI is InChI=1S/C19H18O2/c1-12(2)15-7-5-14(6-8-15)11-18-19(20)16-10-13(3)4-9-17(16)21-18/h4-12H,1-3H3/b18-11-. The number of hydrogen-bond acceptors (Lipinski definition) is 2. The van der Waals surface area contributed by atoms with Gasteiger partial charge in [-0.05, 0) is 42.2 Å². The first-order valence-corrected chi connectivity index (χ1v) is 7.19. The molecule has 0 atom stereocenters. The summed E-state index contributed by atoms with van der Waals surface area (Å²) in [5, 5.41) is 0. The Morgan fingerprint density at radius 2 is 1.76 bits per heavy atom. The van der Waals surface area contributed by atoms with Crippen molar-refractivity contribution in [2.45, 2.75) is 26.7 Å². The molecule has 0 fully saturated rings. The Hall–Kier alpha value is -2.35. The van der Waals surface area contributed by atoms with Crippen molar-refractivity contribution in [3.8, 4) is 5.75 Å². The monoisotopic (exact) mass is 278 g/mol. The topological polar surface area (TPSA) is 26.3 Å². The van der Waals surface area contributed by atoms with Gasteiger partial charge in [0, 0.05) is 0 Å². The maximum absolute atomic E-state index is 12.3. The van der Waals surface area contributed by atoms with Crippen molar-refractivity contribution in [1.82, 2.24) is 0 Å². The van der Waals surface area contributed by atoms with Gasteiger partial charge in [0.2, 0.25) is 5.78 Å². The van der Waals surface area contributed by atoms with Crippen LogP contribution >= 0.6 is 0 Å². The van der Waals surface area contributed by atoms with E-state index in [1.165, 1.54) is 5.56 Å². The van der Waals surface area contributed by atoms with E-state index in [1.54, 1.807) is 0 Å². The van der Waals surface area contributed by atoms with E-state index in [9.17, 15) is 4.79 Å². The van der Waals surface area contributed by atoms with Gasteiger partial charge in [0.1, 0.15) is 5.75 Å². The van der Waals surface area contributed by atoms with Crippen LogP contribution in [-0.2, 0) is 0 Å². The molecule has 1 aliphatic rings. The quantitative estimate of drug-likeness (QED) is 0.742. The highest BCUT2D eigenvalue weighted by molar-refractivity contribution is 6.14. The number of hydrogen-bond donors (Lipinski definition) is 0. The number of carbonyl (C=O) groups is 1. The molecule has 0 aliphatic carbocycles. The molecule has 3 rings (SSSR count). The van der Waals surface area contributed by atoms with E-state index in [0.717, 1.165) is 11.1 Å². The summed E-state index contributed by atoms with van der Waals surface area (Å²) in [6, 6.07) is 13.9. The molecule has 2 nitrogen and oxygen atoms in total. The summed E-state index contributed by atoms with van der Waals surface area (Å²) in [7, 11) is 0. The summed E-state index contributed by atoms with van der Waals surface area (Å²) >= 11 is 0. The van der Waals surface area contributed by atoms with Crippen molar-refractivity contribution in [2.24, 2.45) is 0 Å². The Balaban J connectivity index is 1.90. The smallest absolute Gasteiger partial charge is 0.231 e. The van der Waals surface area contributed by atoms with Crippen LogP contribution in [0.2, 0.25) is 0 Å². The van der Waals surface area contributed by atoms with Crippen molar-refractivity contribution >= 4 is 11.9 Å². The minimum absolute atomic E-state index is 0.0402. The fraction of sp³-hybridized carbons (Fsp3) is 0.211. The number of carbonyl (C=O) groups excluding carboxylic acids is 1. The van der Waals surface area contributed by atoms with Crippen LogP contribution in [0.25, 0.3) is 6.08 Å². The average molecular weight is 278 g/mol. The lowest BCUT2D eigenvalue weighted by molar-refractivity contribution is 0.101. The van der Waals surface area contributed by atoms with Gasteiger partial charge in [-0.3, -0.25) is 4.79 Å². The van der Waals surface area contributed by atoms with Crippen molar-refractivity contribution in [3.05, 3.63) is 70.5 Å². The molecule has 2 aromatic rings. The van der Waals surface area contributed by atoms with Gasteiger partial charge in [-0.2, -0.15) is 0 Å². The van der Waals surface area contributed by atoms with Crippen LogP contribution in [0.3, 0.4) is 0 Å². The van der Waals surface area contributed by atoms with Crippen LogP contribution in [0.5, 0.6) is 5.75 Å². The number of aryl methyl sites for hydroxylation is 1. The van der Waals surface area contributed by atoms with Gasteiger partial charge in [-0.15, -0.1) is 0 Å². The summed E-state index contributed by atoms with van der Waals surface area (Å²) in [6.07, 6.45) is 1.81. The molecule has 0 unspecified atom stereocenters. The Morgan fingerprint density at radius 3 is 2.43 bits per heavy atom. The Morgan fingerprint density at radius 1 is 1.05 bits per heavy atom. The maximum Gasteiger partial charge on any atom is 0.231 e. The van der Waals surface area contributed by atoms with Gasteiger partial charge in [-0.25, -0.2) is 0 Å². The molecular formula is C19H18O2. The van der Waals surface area contributed by atoms with Gasteiger partial charge in [-0.1, -0.05) is 49.7 Å². The molecule has 0 aromatic heterocycles. The number of ketones is 1. The van der Waals surface area contributed by atoms with E-state index in [4.69, 9.17) is 4.74 Å². The predicted molar refractivity (Wildman–Crippen MR) is 84.6 cm³/mol. The Bertz CT molecular complexity index is 722. The first-order valence-electron chi connectivity index (χ1n) is 7.19. The van der Waals surface area contributed by atoms with E-state index >= 15 is 0 Å². The van der Waals surface area contributed by atoms with Crippen LogP contribution in [0.1, 0.15) is 46.8 Å². The lowest BCUT2D eigenvalue weighted by atomic mass is 10.0. The van der Waals surface area contributed by atoms with E-state index in [2.05, 4.69) is 26.0 Å². The summed E-state index contributed by atoms with van der Waals surface area (Å²) < 4.78 is 5.67. The van der Waals surface area contributed by atoms with Crippen molar-refractivity contribution in [2.75, 3.05) is 0 Å².